The van der Waals surface area contributed by atoms with E-state index in [1.807, 2.05) is 13.0 Å². The van der Waals surface area contributed by atoms with Crippen molar-refractivity contribution in [3.63, 3.8) is 0 Å². The maximum absolute atomic E-state index is 12.3. The lowest BCUT2D eigenvalue weighted by Crippen LogP contribution is -2.19. The van der Waals surface area contributed by atoms with Gasteiger partial charge in [0.15, 0.2) is 0 Å². The molecule has 0 aliphatic carbocycles. The Balaban J connectivity index is 1.41. The highest BCUT2D eigenvalue weighted by Crippen LogP contribution is 2.20. The third kappa shape index (κ3) is 5.04. The SMILES string of the molecule is COc1cccc(NC(=O)Nc2cccc(OCc3cc(=O)n4cc(C)ccc4n3)c2)c1. The lowest BCUT2D eigenvalue weighted by atomic mass is 10.3. The van der Waals surface area contributed by atoms with Gasteiger partial charge in [0.1, 0.15) is 23.8 Å². The van der Waals surface area contributed by atoms with Crippen LogP contribution in [-0.4, -0.2) is 22.5 Å². The highest BCUT2D eigenvalue weighted by Gasteiger charge is 2.07. The first kappa shape index (κ1) is 20.9. The smallest absolute Gasteiger partial charge is 0.323 e. The lowest BCUT2D eigenvalue weighted by molar-refractivity contribution is 0.262. The molecule has 8 nitrogen and oxygen atoms in total. The van der Waals surface area contributed by atoms with E-state index < -0.39 is 6.03 Å². The number of anilines is 2. The topological polar surface area (TPSA) is 94.0 Å². The summed E-state index contributed by atoms with van der Waals surface area (Å²) in [6.07, 6.45) is 1.75. The zero-order valence-corrected chi connectivity index (χ0v) is 17.7. The minimum atomic E-state index is -0.394. The van der Waals surface area contributed by atoms with Crippen molar-refractivity contribution in [2.75, 3.05) is 17.7 Å². The van der Waals surface area contributed by atoms with Gasteiger partial charge in [0, 0.05) is 35.8 Å². The van der Waals surface area contributed by atoms with Crippen LogP contribution in [0.25, 0.3) is 5.65 Å². The van der Waals surface area contributed by atoms with E-state index >= 15 is 0 Å². The van der Waals surface area contributed by atoms with Gasteiger partial charge in [0.05, 0.1) is 12.8 Å². The molecule has 0 spiro atoms. The van der Waals surface area contributed by atoms with Crippen molar-refractivity contribution in [2.45, 2.75) is 13.5 Å². The largest absolute Gasteiger partial charge is 0.497 e. The number of benzene rings is 2. The van der Waals surface area contributed by atoms with Crippen molar-refractivity contribution in [1.29, 1.82) is 0 Å². The number of amides is 2. The van der Waals surface area contributed by atoms with E-state index in [9.17, 15) is 9.59 Å². The molecule has 2 N–H and O–H groups in total. The van der Waals surface area contributed by atoms with E-state index in [0.29, 0.717) is 34.2 Å². The molecule has 2 aromatic heterocycles. The summed E-state index contributed by atoms with van der Waals surface area (Å²) < 4.78 is 12.5. The summed E-state index contributed by atoms with van der Waals surface area (Å²) in [6, 6.07) is 18.8. The second-order valence-corrected chi connectivity index (χ2v) is 7.15. The Hall–Kier alpha value is -4.33. The number of hydrogen-bond donors (Lipinski definition) is 2. The van der Waals surface area contributed by atoms with Crippen LogP contribution in [0.1, 0.15) is 11.3 Å². The zero-order valence-electron chi connectivity index (χ0n) is 17.7. The number of methoxy groups -OCH3 is 1. The Bertz CT molecular complexity index is 1330. The van der Waals surface area contributed by atoms with E-state index in [4.69, 9.17) is 9.47 Å². The molecule has 4 aromatic rings. The summed E-state index contributed by atoms with van der Waals surface area (Å²) in [5.74, 6) is 1.19. The fourth-order valence-electron chi connectivity index (χ4n) is 3.15. The maximum atomic E-state index is 12.3. The molecule has 2 aromatic carbocycles. The van der Waals surface area contributed by atoms with E-state index in [1.54, 1.807) is 67.9 Å². The van der Waals surface area contributed by atoms with Gasteiger partial charge < -0.3 is 20.1 Å². The van der Waals surface area contributed by atoms with Crippen LogP contribution in [0.3, 0.4) is 0 Å². The number of nitrogens with zero attached hydrogens (tertiary/aromatic N) is 2. The van der Waals surface area contributed by atoms with Gasteiger partial charge in [-0.3, -0.25) is 9.20 Å². The molecule has 4 rings (SSSR count). The Morgan fingerprint density at radius 2 is 1.66 bits per heavy atom. The Kier molecular flexibility index (Phi) is 6.03. The van der Waals surface area contributed by atoms with E-state index in [0.717, 1.165) is 5.56 Å². The zero-order chi connectivity index (χ0) is 22.5. The molecule has 162 valence electrons. The first-order chi connectivity index (χ1) is 15.5. The summed E-state index contributed by atoms with van der Waals surface area (Å²) in [7, 11) is 1.57. The summed E-state index contributed by atoms with van der Waals surface area (Å²) in [4.78, 5) is 29.1. The Morgan fingerprint density at radius 3 is 2.38 bits per heavy atom. The number of aryl methyl sites for hydroxylation is 1. The van der Waals surface area contributed by atoms with Gasteiger partial charge in [-0.1, -0.05) is 18.2 Å². The molecule has 0 bridgehead atoms. The molecule has 0 aliphatic heterocycles. The van der Waals surface area contributed by atoms with Gasteiger partial charge in [-0.2, -0.15) is 0 Å². The Morgan fingerprint density at radius 1 is 0.969 bits per heavy atom. The van der Waals surface area contributed by atoms with Crippen molar-refractivity contribution in [1.82, 2.24) is 9.38 Å². The third-order valence-corrected chi connectivity index (χ3v) is 4.67. The van der Waals surface area contributed by atoms with Crippen LogP contribution in [-0.2, 0) is 6.61 Å². The number of nitrogens with one attached hydrogen (secondary N) is 2. The highest BCUT2D eigenvalue weighted by molar-refractivity contribution is 5.99. The number of pyridine rings is 1. The molecule has 0 unspecified atom stereocenters. The molecule has 2 amide bonds. The molecular weight excluding hydrogens is 408 g/mol. The molecule has 0 atom stereocenters. The highest BCUT2D eigenvalue weighted by atomic mass is 16.5. The molecule has 0 saturated carbocycles. The first-order valence-electron chi connectivity index (χ1n) is 9.94. The molecule has 0 fully saturated rings. The number of aromatic nitrogens is 2. The van der Waals surface area contributed by atoms with Crippen LogP contribution < -0.4 is 25.7 Å². The van der Waals surface area contributed by atoms with Crippen LogP contribution in [0, 0.1) is 6.92 Å². The first-order valence-corrected chi connectivity index (χ1v) is 9.94. The molecular formula is C24H22N4O4. The van der Waals surface area contributed by atoms with Crippen molar-refractivity contribution in [2.24, 2.45) is 0 Å². The van der Waals surface area contributed by atoms with Crippen molar-refractivity contribution in [3.8, 4) is 11.5 Å². The fraction of sp³-hybridized carbons (Fsp3) is 0.125. The predicted molar refractivity (Wildman–Crippen MR) is 123 cm³/mol. The van der Waals surface area contributed by atoms with Crippen molar-refractivity contribution < 1.29 is 14.3 Å². The normalized spacial score (nSPS) is 10.6. The van der Waals surface area contributed by atoms with Gasteiger partial charge in [-0.25, -0.2) is 9.78 Å². The van der Waals surface area contributed by atoms with Gasteiger partial charge >= 0.3 is 6.03 Å². The van der Waals surface area contributed by atoms with Crippen molar-refractivity contribution >= 4 is 23.1 Å². The molecule has 32 heavy (non-hydrogen) atoms. The fourth-order valence-corrected chi connectivity index (χ4v) is 3.15. The maximum Gasteiger partial charge on any atom is 0.323 e. The van der Waals surface area contributed by atoms with Gasteiger partial charge in [0.2, 0.25) is 0 Å². The number of carbonyl (C=O) groups is 1. The molecule has 2 heterocycles. The number of carbonyl (C=O) groups excluding carboxylic acids is 1. The quantitative estimate of drug-likeness (QED) is 0.477. The number of hydrogen-bond acceptors (Lipinski definition) is 5. The van der Waals surface area contributed by atoms with E-state index in [-0.39, 0.29) is 12.2 Å². The number of urea groups is 1. The van der Waals surface area contributed by atoms with Crippen LogP contribution in [0.5, 0.6) is 11.5 Å². The van der Waals surface area contributed by atoms with Crippen molar-refractivity contribution in [3.05, 3.63) is 94.5 Å². The van der Waals surface area contributed by atoms with E-state index in [1.165, 1.54) is 10.5 Å². The third-order valence-electron chi connectivity index (χ3n) is 4.67. The van der Waals surface area contributed by atoms with Gasteiger partial charge in [0.25, 0.3) is 5.56 Å². The molecule has 0 aliphatic rings. The van der Waals surface area contributed by atoms with Crippen LogP contribution in [0.4, 0.5) is 16.2 Å². The number of fused-ring (bicyclic) bond motifs is 1. The second kappa shape index (κ2) is 9.22. The number of rotatable bonds is 6. The minimum absolute atomic E-state index is 0.124. The average molecular weight is 430 g/mol. The monoisotopic (exact) mass is 430 g/mol. The summed E-state index contributed by atoms with van der Waals surface area (Å²) in [5.41, 5.74) is 3.06. The summed E-state index contributed by atoms with van der Waals surface area (Å²) >= 11 is 0. The number of ether oxygens (including phenoxy) is 2. The lowest BCUT2D eigenvalue weighted by Gasteiger charge is -2.11. The molecule has 8 heteroatoms. The standard InChI is InChI=1S/C24H22N4O4/c1-16-9-10-22-25-19(13-23(29)28(22)14-16)15-32-21-8-4-6-18(12-21)27-24(30)26-17-5-3-7-20(11-17)31-2/h3-14H,15H2,1-2H3,(H2,26,27,30). The predicted octanol–water partition coefficient (Wildman–Crippen LogP) is 4.23. The van der Waals surface area contributed by atoms with E-state index in [2.05, 4.69) is 15.6 Å². The van der Waals surface area contributed by atoms with Crippen LogP contribution >= 0.6 is 0 Å². The van der Waals surface area contributed by atoms with Crippen LogP contribution in [0.2, 0.25) is 0 Å². The molecule has 0 saturated heterocycles. The molecule has 0 radical (unpaired) electrons. The second-order valence-electron chi connectivity index (χ2n) is 7.15. The average Bonchev–Trinajstić information content (AvgIpc) is 2.78. The van der Waals surface area contributed by atoms with Crippen LogP contribution in [0.15, 0.2) is 77.7 Å². The van der Waals surface area contributed by atoms with Gasteiger partial charge in [-0.15, -0.1) is 0 Å². The Labute approximate surface area is 184 Å². The summed E-state index contributed by atoms with van der Waals surface area (Å²) in [6.45, 7) is 2.04. The van der Waals surface area contributed by atoms with Gasteiger partial charge in [-0.05, 0) is 42.8 Å². The minimum Gasteiger partial charge on any atom is -0.497 e. The summed E-state index contributed by atoms with van der Waals surface area (Å²) in [5, 5.41) is 5.52.